The summed E-state index contributed by atoms with van der Waals surface area (Å²) in [5, 5.41) is 0. The zero-order valence-electron chi connectivity index (χ0n) is 45.2. The van der Waals surface area contributed by atoms with Crippen molar-refractivity contribution in [3.63, 3.8) is 0 Å². The smallest absolute Gasteiger partial charge is 0.306 e. The van der Waals surface area contributed by atoms with Gasteiger partial charge in [0.05, 0.1) is 0 Å². The van der Waals surface area contributed by atoms with E-state index in [2.05, 4.69) is 130 Å². The van der Waals surface area contributed by atoms with Crippen molar-refractivity contribution < 1.29 is 28.6 Å². The molecule has 6 nitrogen and oxygen atoms in total. The number of allylic oxidation sites excluding steroid dienone is 20. The van der Waals surface area contributed by atoms with Gasteiger partial charge in [0.25, 0.3) is 0 Å². The molecular formula is C64H104O6. The number of ether oxygens (including phenoxy) is 3. The Morgan fingerprint density at radius 1 is 0.314 bits per heavy atom. The SMILES string of the molecule is CC/C=C\C/C=C\C/C=C\C/C=C\C/C=C\C/C=C\CCC(=O)OCC(COC(=O)CCCCC/C=C\C=C/CCCCCCCCC)OC(=O)CCCCCCCCC/C=C\C/C=C\CCCCC. The molecule has 0 saturated carbocycles. The maximum Gasteiger partial charge on any atom is 0.306 e. The second-order valence-corrected chi connectivity index (χ2v) is 18.5. The standard InChI is InChI=1S/C64H104O6/c1-4-7-10-13-16-19-22-25-28-31-32-34-36-39-42-45-48-51-54-57-63(66)69-60-61(59-68-62(65)56-53-50-47-44-41-38-35-30-27-24-21-18-15-12-9-6-3)70-64(67)58-55-52-49-46-43-40-37-33-29-26-23-20-17-14-11-8-5-2/h7,10,16-17,19-20,25-26,28-30,32,34-35,38-39,41-42,48,51,61H,4-6,8-9,11-15,18,21-24,27,31,33,36-37,40,43-47,49-50,52-60H2,1-3H3/b10-7-,19-16-,20-17-,28-25-,29-26-,34-32-,35-30-,41-38-,42-39-,51-48-. The molecule has 0 rings (SSSR count). The summed E-state index contributed by atoms with van der Waals surface area (Å²) in [5.41, 5.74) is 0. The van der Waals surface area contributed by atoms with E-state index in [0.29, 0.717) is 19.3 Å². The minimum absolute atomic E-state index is 0.121. The predicted molar refractivity (Wildman–Crippen MR) is 302 cm³/mol. The maximum atomic E-state index is 12.9. The Morgan fingerprint density at radius 3 is 1.09 bits per heavy atom. The van der Waals surface area contributed by atoms with E-state index in [9.17, 15) is 14.4 Å². The van der Waals surface area contributed by atoms with Crippen molar-refractivity contribution in [2.75, 3.05) is 13.2 Å². The molecule has 0 amide bonds. The third-order valence-corrected chi connectivity index (χ3v) is 11.7. The van der Waals surface area contributed by atoms with Gasteiger partial charge >= 0.3 is 17.9 Å². The topological polar surface area (TPSA) is 78.9 Å². The van der Waals surface area contributed by atoms with Crippen LogP contribution in [0.3, 0.4) is 0 Å². The van der Waals surface area contributed by atoms with E-state index < -0.39 is 6.10 Å². The van der Waals surface area contributed by atoms with Crippen molar-refractivity contribution in [2.45, 2.75) is 252 Å². The number of carbonyl (C=O) groups excluding carboxylic acids is 3. The Labute approximate surface area is 431 Å². The van der Waals surface area contributed by atoms with E-state index in [1.165, 1.54) is 96.3 Å². The van der Waals surface area contributed by atoms with Gasteiger partial charge in [-0.3, -0.25) is 14.4 Å². The number of rotatable bonds is 50. The fourth-order valence-corrected chi connectivity index (χ4v) is 7.43. The Morgan fingerprint density at radius 2 is 0.629 bits per heavy atom. The lowest BCUT2D eigenvalue weighted by molar-refractivity contribution is -0.166. The highest BCUT2D eigenvalue weighted by Crippen LogP contribution is 2.13. The van der Waals surface area contributed by atoms with Crippen LogP contribution in [0.1, 0.15) is 245 Å². The molecule has 0 aliphatic carbocycles. The van der Waals surface area contributed by atoms with E-state index in [4.69, 9.17) is 14.2 Å². The van der Waals surface area contributed by atoms with Gasteiger partial charge in [-0.05, 0) is 116 Å². The van der Waals surface area contributed by atoms with Crippen LogP contribution in [0.25, 0.3) is 0 Å². The summed E-state index contributed by atoms with van der Waals surface area (Å²) in [7, 11) is 0. The first-order valence-electron chi connectivity index (χ1n) is 28.6. The number of carbonyl (C=O) groups is 3. The molecule has 1 atom stereocenters. The molecule has 0 N–H and O–H groups in total. The van der Waals surface area contributed by atoms with Crippen LogP contribution in [0.15, 0.2) is 122 Å². The number of esters is 3. The van der Waals surface area contributed by atoms with E-state index in [0.717, 1.165) is 103 Å². The first-order valence-corrected chi connectivity index (χ1v) is 28.6. The summed E-state index contributed by atoms with van der Waals surface area (Å²) in [6, 6.07) is 0. The van der Waals surface area contributed by atoms with Gasteiger partial charge < -0.3 is 14.2 Å². The highest BCUT2D eigenvalue weighted by atomic mass is 16.6. The van der Waals surface area contributed by atoms with Crippen LogP contribution in [0, 0.1) is 0 Å². The second-order valence-electron chi connectivity index (χ2n) is 18.5. The third-order valence-electron chi connectivity index (χ3n) is 11.7. The first kappa shape index (κ1) is 65.8. The Hall–Kier alpha value is -4.19. The second kappa shape index (κ2) is 57.4. The predicted octanol–water partition coefficient (Wildman–Crippen LogP) is 19.3. The molecule has 0 heterocycles. The maximum absolute atomic E-state index is 12.9. The Kier molecular flexibility index (Phi) is 54.0. The number of hydrogen-bond acceptors (Lipinski definition) is 6. The third kappa shape index (κ3) is 54.7. The summed E-state index contributed by atoms with van der Waals surface area (Å²) in [5.74, 6) is -1.04. The fraction of sp³-hybridized carbons (Fsp3) is 0.641. The van der Waals surface area contributed by atoms with Crippen LogP contribution in [-0.2, 0) is 28.6 Å². The molecule has 396 valence electrons. The molecule has 0 fully saturated rings. The van der Waals surface area contributed by atoms with Crippen LogP contribution in [-0.4, -0.2) is 37.2 Å². The Bertz CT molecular complexity index is 1490. The molecule has 0 radical (unpaired) electrons. The average Bonchev–Trinajstić information content (AvgIpc) is 3.36. The van der Waals surface area contributed by atoms with Crippen molar-refractivity contribution in [3.05, 3.63) is 122 Å². The van der Waals surface area contributed by atoms with E-state index in [1.807, 2.05) is 12.2 Å². The molecule has 1 unspecified atom stereocenters. The van der Waals surface area contributed by atoms with Gasteiger partial charge in [-0.2, -0.15) is 0 Å². The largest absolute Gasteiger partial charge is 0.462 e. The lowest BCUT2D eigenvalue weighted by Crippen LogP contribution is -2.30. The van der Waals surface area contributed by atoms with E-state index in [1.54, 1.807) is 0 Å². The lowest BCUT2D eigenvalue weighted by Gasteiger charge is -2.18. The van der Waals surface area contributed by atoms with Crippen LogP contribution < -0.4 is 0 Å². The average molecular weight is 970 g/mol. The summed E-state index contributed by atoms with van der Waals surface area (Å²) in [4.78, 5) is 38.1. The van der Waals surface area contributed by atoms with Crippen LogP contribution >= 0.6 is 0 Å². The van der Waals surface area contributed by atoms with Crippen LogP contribution in [0.4, 0.5) is 0 Å². The molecule has 0 aliphatic rings. The zero-order chi connectivity index (χ0) is 50.7. The van der Waals surface area contributed by atoms with E-state index >= 15 is 0 Å². The highest BCUT2D eigenvalue weighted by Gasteiger charge is 2.19. The summed E-state index contributed by atoms with van der Waals surface area (Å²) >= 11 is 0. The molecular weight excluding hydrogens is 865 g/mol. The van der Waals surface area contributed by atoms with Crippen molar-refractivity contribution >= 4 is 17.9 Å². The fourth-order valence-electron chi connectivity index (χ4n) is 7.43. The number of hydrogen-bond donors (Lipinski definition) is 0. The molecule has 0 aromatic carbocycles. The highest BCUT2D eigenvalue weighted by molar-refractivity contribution is 5.71. The first-order chi connectivity index (χ1) is 34.5. The molecule has 0 bridgehead atoms. The molecule has 0 saturated heterocycles. The molecule has 0 aromatic rings. The summed E-state index contributed by atoms with van der Waals surface area (Å²) < 4.78 is 16.8. The minimum atomic E-state index is -0.828. The summed E-state index contributed by atoms with van der Waals surface area (Å²) in [6.07, 6.45) is 79.1. The summed E-state index contributed by atoms with van der Waals surface area (Å²) in [6.45, 7) is 6.40. The van der Waals surface area contributed by atoms with Gasteiger partial charge in [0.2, 0.25) is 0 Å². The van der Waals surface area contributed by atoms with Gasteiger partial charge in [-0.25, -0.2) is 0 Å². The lowest BCUT2D eigenvalue weighted by atomic mass is 10.1. The van der Waals surface area contributed by atoms with Gasteiger partial charge in [0.1, 0.15) is 13.2 Å². The monoisotopic (exact) mass is 969 g/mol. The Balaban J connectivity index is 4.57. The van der Waals surface area contributed by atoms with Gasteiger partial charge in [-0.15, -0.1) is 0 Å². The molecule has 6 heteroatoms. The van der Waals surface area contributed by atoms with Gasteiger partial charge in [-0.1, -0.05) is 232 Å². The minimum Gasteiger partial charge on any atom is -0.462 e. The van der Waals surface area contributed by atoms with Crippen molar-refractivity contribution in [1.82, 2.24) is 0 Å². The van der Waals surface area contributed by atoms with Crippen molar-refractivity contribution in [1.29, 1.82) is 0 Å². The van der Waals surface area contributed by atoms with Crippen molar-refractivity contribution in [2.24, 2.45) is 0 Å². The van der Waals surface area contributed by atoms with Crippen LogP contribution in [0.5, 0.6) is 0 Å². The van der Waals surface area contributed by atoms with E-state index in [-0.39, 0.29) is 37.5 Å². The van der Waals surface area contributed by atoms with Gasteiger partial charge in [0.15, 0.2) is 6.10 Å². The molecule has 0 aliphatic heterocycles. The zero-order valence-corrected chi connectivity index (χ0v) is 45.2. The van der Waals surface area contributed by atoms with Crippen LogP contribution in [0.2, 0.25) is 0 Å². The molecule has 0 aromatic heterocycles. The van der Waals surface area contributed by atoms with Gasteiger partial charge in [0, 0.05) is 19.3 Å². The van der Waals surface area contributed by atoms with Crippen molar-refractivity contribution in [3.8, 4) is 0 Å². The quantitative estimate of drug-likeness (QED) is 0.0199. The number of unbranched alkanes of at least 4 members (excludes halogenated alkanes) is 20. The normalized spacial score (nSPS) is 13.0. The molecule has 70 heavy (non-hydrogen) atoms. The molecule has 0 spiro atoms.